The highest BCUT2D eigenvalue weighted by atomic mass is 16.3. The van der Waals surface area contributed by atoms with Crippen molar-refractivity contribution in [1.29, 1.82) is 0 Å². The SMILES string of the molecule is C=C1CC[C@@H]2[C@H](N(C)Cc3ccc(C(=O)c4ccccc4)cc3)[C@H]([C@@]3(C)CC[C@H](O)C[C@@H]3CO)CC[C@]12C. The Morgan fingerprint density at radius 2 is 1.66 bits per heavy atom. The van der Waals surface area contributed by atoms with Crippen LogP contribution in [0.1, 0.15) is 80.3 Å². The number of rotatable bonds is 7. The molecule has 0 unspecified atom stereocenters. The first kappa shape index (κ1) is 27.3. The second-order valence-electron chi connectivity index (χ2n) is 12.9. The number of ketones is 1. The number of aliphatic hydroxyl groups is 2. The molecule has 2 aromatic carbocycles. The first-order valence-electron chi connectivity index (χ1n) is 14.5. The Balaban J connectivity index is 1.41. The summed E-state index contributed by atoms with van der Waals surface area (Å²) in [5, 5.41) is 20.8. The first-order valence-corrected chi connectivity index (χ1v) is 14.5. The molecule has 0 radical (unpaired) electrons. The summed E-state index contributed by atoms with van der Waals surface area (Å²) < 4.78 is 0. The van der Waals surface area contributed by atoms with Gasteiger partial charge >= 0.3 is 0 Å². The molecule has 2 N–H and O–H groups in total. The summed E-state index contributed by atoms with van der Waals surface area (Å²) in [5.74, 6) is 1.19. The predicted octanol–water partition coefficient (Wildman–Crippen LogP) is 6.26. The molecule has 3 aliphatic carbocycles. The molecule has 0 aliphatic heterocycles. The summed E-state index contributed by atoms with van der Waals surface area (Å²) in [7, 11) is 2.27. The third-order valence-corrected chi connectivity index (χ3v) is 10.9. The number of nitrogens with zero attached hydrogens (tertiary/aromatic N) is 1. The molecule has 0 amide bonds. The summed E-state index contributed by atoms with van der Waals surface area (Å²) in [6.07, 6.45) is 6.77. The molecule has 7 atom stereocenters. The number of carbonyl (C=O) groups excluding carboxylic acids is 1. The molecular weight excluding hydrogens is 470 g/mol. The van der Waals surface area contributed by atoms with Crippen LogP contribution in [0.5, 0.6) is 0 Å². The molecule has 3 aliphatic rings. The molecule has 2 aromatic rings. The van der Waals surface area contributed by atoms with Crippen molar-refractivity contribution in [1.82, 2.24) is 4.90 Å². The normalized spacial score (nSPS) is 35.3. The van der Waals surface area contributed by atoms with Gasteiger partial charge in [0, 0.05) is 30.3 Å². The largest absolute Gasteiger partial charge is 0.396 e. The van der Waals surface area contributed by atoms with Crippen LogP contribution in [-0.4, -0.2) is 46.7 Å². The minimum Gasteiger partial charge on any atom is -0.396 e. The molecule has 4 heteroatoms. The molecule has 3 fully saturated rings. The summed E-state index contributed by atoms with van der Waals surface area (Å²) in [6.45, 7) is 10.3. The van der Waals surface area contributed by atoms with Gasteiger partial charge in [0.1, 0.15) is 0 Å². The van der Waals surface area contributed by atoms with E-state index in [4.69, 9.17) is 0 Å². The Morgan fingerprint density at radius 3 is 2.34 bits per heavy atom. The average Bonchev–Trinajstić information content (AvgIpc) is 3.24. The maximum Gasteiger partial charge on any atom is 0.193 e. The number of hydrogen-bond acceptors (Lipinski definition) is 4. The zero-order valence-electron chi connectivity index (χ0n) is 23.4. The van der Waals surface area contributed by atoms with E-state index in [2.05, 4.69) is 44.5 Å². The Hall–Kier alpha value is -2.27. The van der Waals surface area contributed by atoms with E-state index in [0.717, 1.165) is 44.2 Å². The van der Waals surface area contributed by atoms with Crippen molar-refractivity contribution in [3.05, 3.63) is 83.4 Å². The molecule has 38 heavy (non-hydrogen) atoms. The number of fused-ring (bicyclic) bond motifs is 1. The van der Waals surface area contributed by atoms with Crippen LogP contribution in [0, 0.1) is 28.6 Å². The van der Waals surface area contributed by atoms with Gasteiger partial charge in [-0.3, -0.25) is 9.69 Å². The quantitative estimate of drug-likeness (QED) is 0.338. The minimum absolute atomic E-state index is 0.00409. The van der Waals surface area contributed by atoms with E-state index in [9.17, 15) is 15.0 Å². The molecular formula is C34H45NO3. The number of allylic oxidation sites excluding steroid dienone is 1. The molecule has 0 saturated heterocycles. The third kappa shape index (κ3) is 4.80. The van der Waals surface area contributed by atoms with E-state index in [-0.39, 0.29) is 35.2 Å². The van der Waals surface area contributed by atoms with Crippen LogP contribution in [0.2, 0.25) is 0 Å². The van der Waals surface area contributed by atoms with Gasteiger partial charge in [-0.15, -0.1) is 0 Å². The number of hydrogen-bond donors (Lipinski definition) is 2. The van der Waals surface area contributed by atoms with Crippen molar-refractivity contribution in [2.75, 3.05) is 13.7 Å². The lowest BCUT2D eigenvalue weighted by Crippen LogP contribution is -2.58. The van der Waals surface area contributed by atoms with Gasteiger partial charge in [0.2, 0.25) is 0 Å². The molecule has 204 valence electrons. The highest BCUT2D eigenvalue weighted by Crippen LogP contribution is 2.62. The lowest BCUT2D eigenvalue weighted by atomic mass is 9.51. The van der Waals surface area contributed by atoms with Gasteiger partial charge in [-0.2, -0.15) is 0 Å². The van der Waals surface area contributed by atoms with Gasteiger partial charge in [-0.25, -0.2) is 0 Å². The van der Waals surface area contributed by atoms with Crippen molar-refractivity contribution < 1.29 is 15.0 Å². The zero-order valence-corrected chi connectivity index (χ0v) is 23.4. The molecule has 3 saturated carbocycles. The minimum atomic E-state index is -0.298. The second-order valence-corrected chi connectivity index (χ2v) is 12.9. The van der Waals surface area contributed by atoms with Crippen molar-refractivity contribution in [3.63, 3.8) is 0 Å². The number of aliphatic hydroxyl groups excluding tert-OH is 2. The van der Waals surface area contributed by atoms with Crippen LogP contribution in [0.3, 0.4) is 0 Å². The summed E-state index contributed by atoms with van der Waals surface area (Å²) in [4.78, 5) is 15.5. The van der Waals surface area contributed by atoms with Crippen molar-refractivity contribution in [3.8, 4) is 0 Å². The van der Waals surface area contributed by atoms with Gasteiger partial charge in [-0.05, 0) is 86.1 Å². The monoisotopic (exact) mass is 515 g/mol. The van der Waals surface area contributed by atoms with Crippen LogP contribution in [0.25, 0.3) is 0 Å². The highest BCUT2D eigenvalue weighted by molar-refractivity contribution is 6.08. The maximum absolute atomic E-state index is 12.9. The summed E-state index contributed by atoms with van der Waals surface area (Å²) >= 11 is 0. The topological polar surface area (TPSA) is 60.8 Å². The van der Waals surface area contributed by atoms with E-state index < -0.39 is 0 Å². The van der Waals surface area contributed by atoms with Crippen molar-refractivity contribution >= 4 is 5.78 Å². The Morgan fingerprint density at radius 1 is 0.974 bits per heavy atom. The van der Waals surface area contributed by atoms with Crippen LogP contribution in [0.15, 0.2) is 66.7 Å². The van der Waals surface area contributed by atoms with E-state index in [1.807, 2.05) is 42.5 Å². The number of benzene rings is 2. The smallest absolute Gasteiger partial charge is 0.193 e. The second kappa shape index (κ2) is 10.7. The molecule has 4 nitrogen and oxygen atoms in total. The van der Waals surface area contributed by atoms with E-state index in [0.29, 0.717) is 29.9 Å². The third-order valence-electron chi connectivity index (χ3n) is 10.9. The fraction of sp³-hybridized carbons (Fsp3) is 0.559. The first-order chi connectivity index (χ1) is 18.2. The highest BCUT2D eigenvalue weighted by Gasteiger charge is 2.57. The van der Waals surface area contributed by atoms with Crippen LogP contribution >= 0.6 is 0 Å². The predicted molar refractivity (Wildman–Crippen MR) is 153 cm³/mol. The maximum atomic E-state index is 12.9. The van der Waals surface area contributed by atoms with Crippen molar-refractivity contribution in [2.24, 2.45) is 28.6 Å². The van der Waals surface area contributed by atoms with E-state index >= 15 is 0 Å². The standard InChI is InChI=1S/C34H45NO3/c1-23-10-15-29-31(30(17-19-33(23,29)2)34(3)18-16-28(37)20-27(34)22-36)35(4)21-24-11-13-26(14-12-24)32(38)25-8-6-5-7-9-25/h5-9,11-14,27-31,36-37H,1,10,15-22H2,2-4H3/t27-,28+,29-,30-,31+,33-,34+/m1/s1. The van der Waals surface area contributed by atoms with Crippen LogP contribution in [0.4, 0.5) is 0 Å². The van der Waals surface area contributed by atoms with E-state index in [1.165, 1.54) is 17.6 Å². The van der Waals surface area contributed by atoms with Crippen LogP contribution < -0.4 is 0 Å². The Labute approximate surface area is 228 Å². The van der Waals surface area contributed by atoms with Gasteiger partial charge in [0.05, 0.1) is 6.10 Å². The lowest BCUT2D eigenvalue weighted by Gasteiger charge is -2.58. The Kier molecular flexibility index (Phi) is 7.70. The van der Waals surface area contributed by atoms with Gasteiger partial charge in [-0.1, -0.05) is 80.6 Å². The fourth-order valence-corrected chi connectivity index (χ4v) is 8.43. The van der Waals surface area contributed by atoms with Gasteiger partial charge in [0.25, 0.3) is 0 Å². The summed E-state index contributed by atoms with van der Waals surface area (Å²) in [6, 6.07) is 18.0. The summed E-state index contributed by atoms with van der Waals surface area (Å²) in [5.41, 5.74) is 4.23. The molecule has 0 heterocycles. The van der Waals surface area contributed by atoms with Crippen LogP contribution in [-0.2, 0) is 6.54 Å². The molecule has 0 aromatic heterocycles. The van der Waals surface area contributed by atoms with Crippen molar-refractivity contribution in [2.45, 2.75) is 77.5 Å². The van der Waals surface area contributed by atoms with Gasteiger partial charge < -0.3 is 10.2 Å². The molecule has 0 bridgehead atoms. The Bertz CT molecular complexity index is 1140. The lowest BCUT2D eigenvalue weighted by molar-refractivity contribution is -0.105. The zero-order chi connectivity index (χ0) is 27.1. The number of carbonyl (C=O) groups is 1. The van der Waals surface area contributed by atoms with E-state index in [1.54, 1.807) is 0 Å². The van der Waals surface area contributed by atoms with Gasteiger partial charge in [0.15, 0.2) is 5.78 Å². The molecule has 0 spiro atoms. The average molecular weight is 516 g/mol. The molecule has 5 rings (SSSR count). The fourth-order valence-electron chi connectivity index (χ4n) is 8.43.